The average Bonchev–Trinajstić information content (AvgIpc) is 2.78. The van der Waals surface area contributed by atoms with Gasteiger partial charge in [-0.3, -0.25) is 0 Å². The smallest absolute Gasteiger partial charge is 0.107 e. The molecule has 0 unspecified atom stereocenters. The summed E-state index contributed by atoms with van der Waals surface area (Å²) in [7, 11) is 1.71. The van der Waals surface area contributed by atoms with Gasteiger partial charge in [0, 0.05) is 31.3 Å². The van der Waals surface area contributed by atoms with Gasteiger partial charge in [0.25, 0.3) is 0 Å². The quantitative estimate of drug-likeness (QED) is 0.869. The number of hydrogen-bond acceptors (Lipinski definition) is 4. The maximum Gasteiger partial charge on any atom is 0.107 e. The molecule has 2 aromatic rings. The van der Waals surface area contributed by atoms with E-state index in [1.54, 1.807) is 18.4 Å². The molecule has 18 heavy (non-hydrogen) atoms. The van der Waals surface area contributed by atoms with Gasteiger partial charge in [0.05, 0.1) is 6.61 Å². The number of rotatable bonds is 6. The van der Waals surface area contributed by atoms with Gasteiger partial charge in [0.1, 0.15) is 5.01 Å². The Morgan fingerprint density at radius 3 is 2.50 bits per heavy atom. The van der Waals surface area contributed by atoms with Crippen LogP contribution in [-0.2, 0) is 24.4 Å². The minimum atomic E-state index is 0.673. The molecule has 0 spiro atoms. The van der Waals surface area contributed by atoms with Crippen LogP contribution in [0.3, 0.4) is 0 Å². The van der Waals surface area contributed by atoms with Gasteiger partial charge in [-0.2, -0.15) is 0 Å². The number of nitrogens with zero attached hydrogens (tertiary/aromatic N) is 1. The zero-order chi connectivity index (χ0) is 12.8. The van der Waals surface area contributed by atoms with Crippen molar-refractivity contribution in [2.24, 2.45) is 0 Å². The van der Waals surface area contributed by atoms with Gasteiger partial charge in [0.2, 0.25) is 0 Å². The molecule has 0 aliphatic rings. The minimum Gasteiger partial charge on any atom is -0.380 e. The highest BCUT2D eigenvalue weighted by Crippen LogP contribution is 2.11. The lowest BCUT2D eigenvalue weighted by Crippen LogP contribution is -2.12. The second-order valence-corrected chi connectivity index (χ2v) is 5.54. The van der Waals surface area contributed by atoms with E-state index in [1.165, 1.54) is 16.0 Å². The largest absolute Gasteiger partial charge is 0.380 e. The first-order chi connectivity index (χ1) is 8.78. The van der Waals surface area contributed by atoms with Crippen molar-refractivity contribution in [3.8, 4) is 0 Å². The predicted molar refractivity (Wildman–Crippen MR) is 74.5 cm³/mol. The number of benzene rings is 1. The molecule has 2 rings (SSSR count). The van der Waals surface area contributed by atoms with Crippen LogP contribution in [-0.4, -0.2) is 12.1 Å². The third-order valence-electron chi connectivity index (χ3n) is 2.61. The SMILES string of the molecule is COCc1ccc(CNCc2ncc(C)s2)cc1. The topological polar surface area (TPSA) is 34.1 Å². The first kappa shape index (κ1) is 13.2. The van der Waals surface area contributed by atoms with Gasteiger partial charge >= 0.3 is 0 Å². The molecule has 1 aromatic heterocycles. The van der Waals surface area contributed by atoms with Crippen molar-refractivity contribution in [1.29, 1.82) is 0 Å². The molecule has 0 amide bonds. The van der Waals surface area contributed by atoms with Gasteiger partial charge in [-0.1, -0.05) is 24.3 Å². The molecule has 4 heteroatoms. The highest BCUT2D eigenvalue weighted by Gasteiger charge is 1.99. The van der Waals surface area contributed by atoms with Crippen LogP contribution >= 0.6 is 11.3 Å². The molecular weight excluding hydrogens is 244 g/mol. The Labute approximate surface area is 112 Å². The molecule has 0 aliphatic carbocycles. The molecule has 0 saturated heterocycles. The molecule has 1 N–H and O–H groups in total. The summed E-state index contributed by atoms with van der Waals surface area (Å²) in [6, 6.07) is 8.48. The number of nitrogens with one attached hydrogen (secondary N) is 1. The highest BCUT2D eigenvalue weighted by molar-refractivity contribution is 7.11. The molecule has 0 fully saturated rings. The number of aryl methyl sites for hydroxylation is 1. The Morgan fingerprint density at radius 2 is 1.89 bits per heavy atom. The van der Waals surface area contributed by atoms with E-state index in [9.17, 15) is 0 Å². The van der Waals surface area contributed by atoms with Crippen LogP contribution < -0.4 is 5.32 Å². The lowest BCUT2D eigenvalue weighted by Gasteiger charge is -2.04. The van der Waals surface area contributed by atoms with Gasteiger partial charge in [0.15, 0.2) is 0 Å². The van der Waals surface area contributed by atoms with Crippen molar-refractivity contribution in [3.63, 3.8) is 0 Å². The zero-order valence-electron chi connectivity index (χ0n) is 10.8. The van der Waals surface area contributed by atoms with Crippen molar-refractivity contribution < 1.29 is 4.74 Å². The van der Waals surface area contributed by atoms with Crippen LogP contribution in [0.5, 0.6) is 0 Å². The first-order valence-corrected chi connectivity index (χ1v) is 6.78. The summed E-state index contributed by atoms with van der Waals surface area (Å²) in [5.41, 5.74) is 2.49. The minimum absolute atomic E-state index is 0.673. The number of hydrogen-bond donors (Lipinski definition) is 1. The number of thiazole rings is 1. The van der Waals surface area contributed by atoms with Crippen LogP contribution in [0.4, 0.5) is 0 Å². The van der Waals surface area contributed by atoms with E-state index in [1.807, 2.05) is 6.20 Å². The molecule has 0 atom stereocenters. The van der Waals surface area contributed by atoms with Crippen molar-refractivity contribution >= 4 is 11.3 Å². The molecule has 3 nitrogen and oxygen atoms in total. The third kappa shape index (κ3) is 3.91. The molecule has 1 heterocycles. The fraction of sp³-hybridized carbons (Fsp3) is 0.357. The summed E-state index contributed by atoms with van der Waals surface area (Å²) >= 11 is 1.74. The predicted octanol–water partition coefficient (Wildman–Crippen LogP) is 2.89. The maximum atomic E-state index is 5.09. The summed E-state index contributed by atoms with van der Waals surface area (Å²) in [6.45, 7) is 4.45. The van der Waals surface area contributed by atoms with Gasteiger partial charge in [-0.25, -0.2) is 4.98 Å². The molecule has 0 saturated carbocycles. The molecule has 0 aliphatic heterocycles. The first-order valence-electron chi connectivity index (χ1n) is 5.96. The standard InChI is InChI=1S/C14H18N2OS/c1-11-7-16-14(18-11)9-15-8-12-3-5-13(6-4-12)10-17-2/h3-7,15H,8-10H2,1-2H3. The third-order valence-corrected chi connectivity index (χ3v) is 3.52. The lowest BCUT2D eigenvalue weighted by atomic mass is 10.1. The normalized spacial score (nSPS) is 10.8. The van der Waals surface area contributed by atoms with E-state index in [2.05, 4.69) is 41.5 Å². The molecule has 0 radical (unpaired) electrons. The maximum absolute atomic E-state index is 5.09. The van der Waals surface area contributed by atoms with Crippen LogP contribution in [0.1, 0.15) is 21.0 Å². The highest BCUT2D eigenvalue weighted by atomic mass is 32.1. The van der Waals surface area contributed by atoms with Crippen molar-refractivity contribution in [2.75, 3.05) is 7.11 Å². The Morgan fingerprint density at radius 1 is 1.17 bits per heavy atom. The van der Waals surface area contributed by atoms with E-state index in [-0.39, 0.29) is 0 Å². The van der Waals surface area contributed by atoms with E-state index in [0.717, 1.165) is 18.1 Å². The van der Waals surface area contributed by atoms with Crippen LogP contribution in [0.2, 0.25) is 0 Å². The summed E-state index contributed by atoms with van der Waals surface area (Å²) in [5.74, 6) is 0. The van der Waals surface area contributed by atoms with Gasteiger partial charge in [-0.05, 0) is 18.1 Å². The zero-order valence-corrected chi connectivity index (χ0v) is 11.6. The van der Waals surface area contributed by atoms with Gasteiger partial charge in [-0.15, -0.1) is 11.3 Å². The van der Waals surface area contributed by atoms with Crippen LogP contribution in [0.25, 0.3) is 0 Å². The number of methoxy groups -OCH3 is 1. The van der Waals surface area contributed by atoms with Crippen molar-refractivity contribution in [2.45, 2.75) is 26.6 Å². The monoisotopic (exact) mass is 262 g/mol. The second kappa shape index (κ2) is 6.64. The Bertz CT molecular complexity index is 479. The number of ether oxygens (including phenoxy) is 1. The van der Waals surface area contributed by atoms with E-state index in [4.69, 9.17) is 4.74 Å². The Balaban J connectivity index is 1.79. The Hall–Kier alpha value is -1.23. The fourth-order valence-corrected chi connectivity index (χ4v) is 2.47. The molecular formula is C14H18N2OS. The lowest BCUT2D eigenvalue weighted by molar-refractivity contribution is 0.185. The van der Waals surface area contributed by atoms with Crippen molar-refractivity contribution in [3.05, 3.63) is 51.5 Å². The second-order valence-electron chi connectivity index (χ2n) is 4.22. The summed E-state index contributed by atoms with van der Waals surface area (Å²) in [4.78, 5) is 5.58. The van der Waals surface area contributed by atoms with E-state index < -0.39 is 0 Å². The fourth-order valence-electron chi connectivity index (χ4n) is 1.72. The van der Waals surface area contributed by atoms with Crippen molar-refractivity contribution in [1.82, 2.24) is 10.3 Å². The summed E-state index contributed by atoms with van der Waals surface area (Å²) in [6.07, 6.45) is 1.92. The van der Waals surface area contributed by atoms with Gasteiger partial charge < -0.3 is 10.1 Å². The van der Waals surface area contributed by atoms with Crippen LogP contribution in [0, 0.1) is 6.92 Å². The Kier molecular flexibility index (Phi) is 4.87. The molecule has 96 valence electrons. The average molecular weight is 262 g/mol. The molecule has 0 bridgehead atoms. The summed E-state index contributed by atoms with van der Waals surface area (Å²) in [5, 5.41) is 4.54. The van der Waals surface area contributed by atoms with E-state index in [0.29, 0.717) is 6.61 Å². The van der Waals surface area contributed by atoms with Crippen LogP contribution in [0.15, 0.2) is 30.5 Å². The van der Waals surface area contributed by atoms with E-state index >= 15 is 0 Å². The number of aromatic nitrogens is 1. The molecule has 1 aromatic carbocycles. The summed E-state index contributed by atoms with van der Waals surface area (Å²) < 4.78 is 5.09.